The minimum atomic E-state index is -0.990. The van der Waals surface area contributed by atoms with Gasteiger partial charge in [0, 0.05) is 13.5 Å². The maximum atomic E-state index is 11.1. The van der Waals surface area contributed by atoms with E-state index in [4.69, 9.17) is 15.1 Å². The summed E-state index contributed by atoms with van der Waals surface area (Å²) in [5.74, 6) is -0.573. The molecule has 0 spiro atoms. The monoisotopic (exact) mass is 246 g/mol. The Kier molecular flexibility index (Phi) is 3.38. The summed E-state index contributed by atoms with van der Waals surface area (Å²) in [5.41, 5.74) is 0.946. The summed E-state index contributed by atoms with van der Waals surface area (Å²) in [6.45, 7) is 0.412. The topological polar surface area (TPSA) is 73.6 Å². The van der Waals surface area contributed by atoms with Crippen LogP contribution in [0.4, 0.5) is 5.69 Å². The van der Waals surface area contributed by atoms with Gasteiger partial charge in [0.15, 0.2) is 5.75 Å². The quantitative estimate of drug-likeness (QED) is 0.881. The highest BCUT2D eigenvalue weighted by molar-refractivity contribution is 5.93. The molecular weight excluding hydrogens is 232 g/mol. The highest BCUT2D eigenvalue weighted by atomic mass is 16.5. The first-order valence-electron chi connectivity index (χ1n) is 5.74. The molecule has 0 amide bonds. The molecule has 2 rings (SSSR count). The summed E-state index contributed by atoms with van der Waals surface area (Å²) in [6, 6.07) is 7.29. The number of likely N-dealkylation sites (N-methyl/N-ethyl adjacent to an activating group) is 1. The first-order chi connectivity index (χ1) is 8.65. The van der Waals surface area contributed by atoms with Crippen LogP contribution in [0.3, 0.4) is 0 Å². The standard InChI is InChI=1S/C13H14N2O3/c1-15-9(4-3-7-14)8-18-12-10(13(16)17)5-2-6-11(12)15/h2,5-6,9H,3-4,8H2,1H3,(H,16,17). The number of aromatic carboxylic acids is 1. The highest BCUT2D eigenvalue weighted by Gasteiger charge is 2.27. The number of para-hydroxylation sites is 1. The lowest BCUT2D eigenvalue weighted by atomic mass is 10.1. The van der Waals surface area contributed by atoms with Crippen molar-refractivity contribution in [2.24, 2.45) is 0 Å². The van der Waals surface area contributed by atoms with Crippen LogP contribution >= 0.6 is 0 Å². The van der Waals surface area contributed by atoms with Gasteiger partial charge in [-0.25, -0.2) is 4.79 Å². The van der Waals surface area contributed by atoms with E-state index in [2.05, 4.69) is 6.07 Å². The third-order valence-electron chi connectivity index (χ3n) is 3.16. The Hall–Kier alpha value is -2.22. The number of hydrogen-bond donors (Lipinski definition) is 1. The van der Waals surface area contributed by atoms with Gasteiger partial charge in [-0.1, -0.05) is 6.07 Å². The van der Waals surface area contributed by atoms with Crippen LogP contribution in [0.5, 0.6) is 5.75 Å². The van der Waals surface area contributed by atoms with Crippen molar-refractivity contribution in [3.05, 3.63) is 23.8 Å². The number of carboxylic acid groups (broad SMARTS) is 1. The molecule has 1 N–H and O–H groups in total. The van der Waals surface area contributed by atoms with E-state index >= 15 is 0 Å². The Bertz CT molecular complexity index is 507. The van der Waals surface area contributed by atoms with E-state index in [1.165, 1.54) is 6.07 Å². The molecule has 1 unspecified atom stereocenters. The molecule has 0 aromatic heterocycles. The molecule has 0 saturated carbocycles. The Balaban J connectivity index is 2.31. The molecule has 1 aliphatic heterocycles. The number of ether oxygens (including phenoxy) is 1. The zero-order valence-electron chi connectivity index (χ0n) is 10.1. The van der Waals surface area contributed by atoms with Gasteiger partial charge in [0.2, 0.25) is 0 Å². The van der Waals surface area contributed by atoms with Crippen molar-refractivity contribution in [1.29, 1.82) is 5.26 Å². The third kappa shape index (κ3) is 2.09. The minimum absolute atomic E-state index is 0.112. The lowest BCUT2D eigenvalue weighted by molar-refractivity contribution is 0.0691. The molecule has 0 radical (unpaired) electrons. The van der Waals surface area contributed by atoms with E-state index in [0.29, 0.717) is 25.2 Å². The summed E-state index contributed by atoms with van der Waals surface area (Å²) in [4.78, 5) is 13.1. The Morgan fingerprint density at radius 3 is 3.11 bits per heavy atom. The largest absolute Gasteiger partial charge is 0.488 e. The molecule has 1 atom stereocenters. The average Bonchev–Trinajstić information content (AvgIpc) is 2.37. The SMILES string of the molecule is CN1c2cccc(C(=O)O)c2OCC1CCC#N. The summed E-state index contributed by atoms with van der Waals surface area (Å²) in [5, 5.41) is 17.7. The summed E-state index contributed by atoms with van der Waals surface area (Å²) < 4.78 is 5.56. The van der Waals surface area contributed by atoms with Gasteiger partial charge in [-0.3, -0.25) is 0 Å². The number of anilines is 1. The number of nitrogens with zero attached hydrogens (tertiary/aromatic N) is 2. The zero-order chi connectivity index (χ0) is 13.1. The molecular formula is C13H14N2O3. The van der Waals surface area contributed by atoms with E-state index in [1.807, 2.05) is 18.0 Å². The van der Waals surface area contributed by atoms with E-state index in [1.54, 1.807) is 6.07 Å². The van der Waals surface area contributed by atoms with Gasteiger partial charge >= 0.3 is 5.97 Å². The van der Waals surface area contributed by atoms with E-state index in [-0.39, 0.29) is 11.6 Å². The molecule has 1 aliphatic rings. The van der Waals surface area contributed by atoms with E-state index in [9.17, 15) is 4.79 Å². The fourth-order valence-electron chi connectivity index (χ4n) is 2.12. The van der Waals surface area contributed by atoms with Crippen molar-refractivity contribution < 1.29 is 14.6 Å². The van der Waals surface area contributed by atoms with Gasteiger partial charge in [0.1, 0.15) is 12.2 Å². The molecule has 0 bridgehead atoms. The Morgan fingerprint density at radius 2 is 2.44 bits per heavy atom. The average molecular weight is 246 g/mol. The number of nitriles is 1. The molecule has 1 heterocycles. The number of carbonyl (C=O) groups is 1. The lowest BCUT2D eigenvalue weighted by Gasteiger charge is -2.36. The van der Waals surface area contributed by atoms with Gasteiger partial charge in [-0.05, 0) is 18.6 Å². The van der Waals surface area contributed by atoms with Crippen LogP contribution in [-0.4, -0.2) is 30.8 Å². The number of hydrogen-bond acceptors (Lipinski definition) is 4. The zero-order valence-corrected chi connectivity index (χ0v) is 10.1. The second kappa shape index (κ2) is 4.96. The first-order valence-corrected chi connectivity index (χ1v) is 5.74. The fraction of sp³-hybridized carbons (Fsp3) is 0.385. The van der Waals surface area contributed by atoms with Crippen molar-refractivity contribution in [3.8, 4) is 11.8 Å². The van der Waals surface area contributed by atoms with Crippen LogP contribution in [0.1, 0.15) is 23.2 Å². The first kappa shape index (κ1) is 12.2. The van der Waals surface area contributed by atoms with E-state index in [0.717, 1.165) is 5.69 Å². The predicted octanol–water partition coefficient (Wildman–Crippen LogP) is 1.89. The molecule has 1 aromatic carbocycles. The molecule has 5 heteroatoms. The summed E-state index contributed by atoms with van der Waals surface area (Å²) in [6.07, 6.45) is 1.18. The van der Waals surface area contributed by atoms with Crippen molar-refractivity contribution in [1.82, 2.24) is 0 Å². The van der Waals surface area contributed by atoms with Crippen LogP contribution in [-0.2, 0) is 0 Å². The predicted molar refractivity (Wildman–Crippen MR) is 65.9 cm³/mol. The van der Waals surface area contributed by atoms with Crippen molar-refractivity contribution in [3.63, 3.8) is 0 Å². The lowest BCUT2D eigenvalue weighted by Crippen LogP contribution is -2.40. The van der Waals surface area contributed by atoms with Crippen LogP contribution < -0.4 is 9.64 Å². The van der Waals surface area contributed by atoms with Gasteiger partial charge in [0.05, 0.1) is 17.8 Å². The third-order valence-corrected chi connectivity index (χ3v) is 3.16. The molecule has 0 aliphatic carbocycles. The molecule has 5 nitrogen and oxygen atoms in total. The molecule has 1 aromatic rings. The number of carboxylic acids is 1. The second-order valence-electron chi connectivity index (χ2n) is 4.23. The minimum Gasteiger partial charge on any atom is -0.488 e. The number of benzene rings is 1. The fourth-order valence-corrected chi connectivity index (χ4v) is 2.12. The van der Waals surface area contributed by atoms with Gasteiger partial charge in [0.25, 0.3) is 0 Å². The van der Waals surface area contributed by atoms with Gasteiger partial charge in [-0.2, -0.15) is 5.26 Å². The Morgan fingerprint density at radius 1 is 1.67 bits per heavy atom. The second-order valence-corrected chi connectivity index (χ2v) is 4.23. The van der Waals surface area contributed by atoms with Crippen molar-refractivity contribution in [2.45, 2.75) is 18.9 Å². The smallest absolute Gasteiger partial charge is 0.339 e. The van der Waals surface area contributed by atoms with Crippen LogP contribution in [0.15, 0.2) is 18.2 Å². The van der Waals surface area contributed by atoms with Crippen LogP contribution in [0.2, 0.25) is 0 Å². The normalized spacial score (nSPS) is 17.6. The van der Waals surface area contributed by atoms with Gasteiger partial charge < -0.3 is 14.7 Å². The number of fused-ring (bicyclic) bond motifs is 1. The van der Waals surface area contributed by atoms with Crippen LogP contribution in [0, 0.1) is 11.3 Å². The molecule has 18 heavy (non-hydrogen) atoms. The molecule has 94 valence electrons. The van der Waals surface area contributed by atoms with E-state index < -0.39 is 5.97 Å². The molecule has 0 fully saturated rings. The van der Waals surface area contributed by atoms with Crippen LogP contribution in [0.25, 0.3) is 0 Å². The van der Waals surface area contributed by atoms with Crippen molar-refractivity contribution >= 4 is 11.7 Å². The highest BCUT2D eigenvalue weighted by Crippen LogP contribution is 2.36. The summed E-state index contributed by atoms with van der Waals surface area (Å²) in [7, 11) is 1.90. The summed E-state index contributed by atoms with van der Waals surface area (Å²) >= 11 is 0. The Labute approximate surface area is 105 Å². The number of rotatable bonds is 3. The van der Waals surface area contributed by atoms with Gasteiger partial charge in [-0.15, -0.1) is 0 Å². The van der Waals surface area contributed by atoms with Crippen molar-refractivity contribution in [2.75, 3.05) is 18.6 Å². The molecule has 0 saturated heterocycles. The maximum Gasteiger partial charge on any atom is 0.339 e. The maximum absolute atomic E-state index is 11.1.